The van der Waals surface area contributed by atoms with Gasteiger partial charge in [-0.15, -0.1) is 0 Å². The Bertz CT molecular complexity index is 441. The minimum absolute atomic E-state index is 0.120. The van der Waals surface area contributed by atoms with E-state index in [0.717, 1.165) is 19.6 Å². The fourth-order valence-electron chi connectivity index (χ4n) is 2.04. The van der Waals surface area contributed by atoms with Crippen molar-refractivity contribution < 1.29 is 4.74 Å². The summed E-state index contributed by atoms with van der Waals surface area (Å²) in [5.74, 6) is 0.121. The maximum atomic E-state index is 11.9. The molecule has 0 N–H and O–H groups in total. The first-order valence-corrected chi connectivity index (χ1v) is 6.11. The molecule has 2 rings (SSSR count). The lowest BCUT2D eigenvalue weighted by molar-refractivity contribution is 0.317. The molecular formula is C11H16ClN3O2. The van der Waals surface area contributed by atoms with Crippen molar-refractivity contribution in [3.63, 3.8) is 0 Å². The van der Waals surface area contributed by atoms with Crippen LogP contribution < -0.4 is 10.3 Å². The normalized spacial score (nSPS) is 16.4. The summed E-state index contributed by atoms with van der Waals surface area (Å²) in [6.45, 7) is 3.73. The Kier molecular flexibility index (Phi) is 4.02. The van der Waals surface area contributed by atoms with Crippen molar-refractivity contribution in [3.8, 4) is 5.75 Å². The zero-order valence-electron chi connectivity index (χ0n) is 9.86. The van der Waals surface area contributed by atoms with Gasteiger partial charge in [0, 0.05) is 13.1 Å². The van der Waals surface area contributed by atoms with E-state index in [2.05, 4.69) is 9.88 Å². The van der Waals surface area contributed by atoms with Crippen LogP contribution in [-0.2, 0) is 6.54 Å². The second kappa shape index (κ2) is 5.51. The number of methoxy groups -OCH3 is 1. The third-order valence-corrected chi connectivity index (χ3v) is 3.28. The molecule has 1 saturated heterocycles. The molecule has 94 valence electrons. The first kappa shape index (κ1) is 12.4. The number of hydrogen-bond donors (Lipinski definition) is 0. The molecule has 6 heteroatoms. The standard InChI is InChI=1S/C11H16ClN3O2/c1-17-9-10(12)13-8-15(11(9)16)7-6-14-4-2-3-5-14/h8H,2-7H2,1H3. The van der Waals surface area contributed by atoms with Crippen LogP contribution in [0.5, 0.6) is 5.75 Å². The summed E-state index contributed by atoms with van der Waals surface area (Å²) in [7, 11) is 1.43. The summed E-state index contributed by atoms with van der Waals surface area (Å²) in [6.07, 6.45) is 3.97. The summed E-state index contributed by atoms with van der Waals surface area (Å²) < 4.78 is 6.49. The number of halogens is 1. The van der Waals surface area contributed by atoms with Gasteiger partial charge in [0.2, 0.25) is 5.75 Å². The van der Waals surface area contributed by atoms with Crippen LogP contribution >= 0.6 is 11.6 Å². The average Bonchev–Trinajstić information content (AvgIpc) is 2.82. The third-order valence-electron chi connectivity index (χ3n) is 3.01. The highest BCUT2D eigenvalue weighted by Crippen LogP contribution is 2.14. The molecule has 1 aliphatic heterocycles. The van der Waals surface area contributed by atoms with Crippen molar-refractivity contribution in [1.82, 2.24) is 14.5 Å². The molecule has 0 atom stereocenters. The van der Waals surface area contributed by atoms with Crippen LogP contribution in [0.1, 0.15) is 12.8 Å². The Hall–Kier alpha value is -1.07. The molecule has 0 amide bonds. The van der Waals surface area contributed by atoms with Crippen LogP contribution in [0.15, 0.2) is 11.1 Å². The summed E-state index contributed by atoms with van der Waals surface area (Å²) in [6, 6.07) is 0. The van der Waals surface area contributed by atoms with E-state index >= 15 is 0 Å². The van der Waals surface area contributed by atoms with Gasteiger partial charge in [-0.3, -0.25) is 9.36 Å². The molecule has 0 saturated carbocycles. The molecule has 17 heavy (non-hydrogen) atoms. The van der Waals surface area contributed by atoms with Crippen LogP contribution in [-0.4, -0.2) is 41.2 Å². The second-order valence-electron chi connectivity index (χ2n) is 4.12. The largest absolute Gasteiger partial charge is 0.489 e. The van der Waals surface area contributed by atoms with Gasteiger partial charge in [-0.05, 0) is 25.9 Å². The van der Waals surface area contributed by atoms with Crippen molar-refractivity contribution >= 4 is 11.6 Å². The third kappa shape index (κ3) is 2.79. The number of likely N-dealkylation sites (tertiary alicyclic amines) is 1. The highest BCUT2D eigenvalue weighted by atomic mass is 35.5. The predicted molar refractivity (Wildman–Crippen MR) is 65.7 cm³/mol. The number of nitrogens with zero attached hydrogens (tertiary/aromatic N) is 3. The van der Waals surface area contributed by atoms with Gasteiger partial charge in [0.1, 0.15) is 0 Å². The Morgan fingerprint density at radius 1 is 1.41 bits per heavy atom. The van der Waals surface area contributed by atoms with E-state index in [0.29, 0.717) is 6.54 Å². The molecule has 1 aromatic rings. The Labute approximate surface area is 105 Å². The Balaban J connectivity index is 2.08. The SMILES string of the molecule is COc1c(Cl)ncn(CCN2CCCC2)c1=O. The van der Waals surface area contributed by atoms with Gasteiger partial charge < -0.3 is 9.64 Å². The van der Waals surface area contributed by atoms with E-state index in [1.54, 1.807) is 4.57 Å². The monoisotopic (exact) mass is 257 g/mol. The van der Waals surface area contributed by atoms with Crippen molar-refractivity contribution in [2.45, 2.75) is 19.4 Å². The molecule has 0 aliphatic carbocycles. The van der Waals surface area contributed by atoms with Crippen LogP contribution in [0.25, 0.3) is 0 Å². The lowest BCUT2D eigenvalue weighted by Crippen LogP contribution is -2.29. The molecule has 0 radical (unpaired) electrons. The van der Waals surface area contributed by atoms with E-state index < -0.39 is 0 Å². The molecule has 0 aromatic carbocycles. The maximum absolute atomic E-state index is 11.9. The minimum Gasteiger partial charge on any atom is -0.489 e. The van der Waals surface area contributed by atoms with E-state index in [9.17, 15) is 4.79 Å². The van der Waals surface area contributed by atoms with Crippen LogP contribution in [0.2, 0.25) is 5.15 Å². The maximum Gasteiger partial charge on any atom is 0.297 e. The van der Waals surface area contributed by atoms with Gasteiger partial charge in [-0.25, -0.2) is 4.98 Å². The lowest BCUT2D eigenvalue weighted by atomic mass is 10.4. The molecular weight excluding hydrogens is 242 g/mol. The number of hydrogen-bond acceptors (Lipinski definition) is 4. The summed E-state index contributed by atoms with van der Waals surface area (Å²) in [5, 5.41) is 0.120. The zero-order chi connectivity index (χ0) is 12.3. The van der Waals surface area contributed by atoms with Crippen LogP contribution in [0.3, 0.4) is 0 Å². The van der Waals surface area contributed by atoms with Crippen LogP contribution in [0, 0.1) is 0 Å². The first-order valence-electron chi connectivity index (χ1n) is 5.73. The number of rotatable bonds is 4. The van der Waals surface area contributed by atoms with Crippen molar-refractivity contribution in [2.24, 2.45) is 0 Å². The number of ether oxygens (including phenoxy) is 1. The van der Waals surface area contributed by atoms with Gasteiger partial charge in [-0.1, -0.05) is 11.6 Å². The first-order chi connectivity index (χ1) is 8.22. The van der Waals surface area contributed by atoms with E-state index in [-0.39, 0.29) is 16.5 Å². The summed E-state index contributed by atoms with van der Waals surface area (Å²) in [4.78, 5) is 18.2. The van der Waals surface area contributed by atoms with Crippen molar-refractivity contribution in [3.05, 3.63) is 21.8 Å². The molecule has 0 spiro atoms. The highest BCUT2D eigenvalue weighted by molar-refractivity contribution is 6.30. The quantitative estimate of drug-likeness (QED) is 0.755. The van der Waals surface area contributed by atoms with Crippen molar-refractivity contribution in [2.75, 3.05) is 26.7 Å². The summed E-state index contributed by atoms with van der Waals surface area (Å²) in [5.41, 5.74) is -0.216. The Morgan fingerprint density at radius 2 is 2.12 bits per heavy atom. The molecule has 0 unspecified atom stereocenters. The predicted octanol–water partition coefficient (Wildman–Crippen LogP) is 1.00. The number of aromatic nitrogens is 2. The molecule has 1 aliphatic rings. The van der Waals surface area contributed by atoms with E-state index in [1.165, 1.54) is 26.3 Å². The topological polar surface area (TPSA) is 47.4 Å². The molecule has 1 aromatic heterocycles. The van der Waals surface area contributed by atoms with Gasteiger partial charge in [0.05, 0.1) is 13.4 Å². The molecule has 0 bridgehead atoms. The van der Waals surface area contributed by atoms with E-state index in [1.807, 2.05) is 0 Å². The smallest absolute Gasteiger partial charge is 0.297 e. The Morgan fingerprint density at radius 3 is 2.76 bits per heavy atom. The highest BCUT2D eigenvalue weighted by Gasteiger charge is 2.13. The zero-order valence-corrected chi connectivity index (χ0v) is 10.6. The fourth-order valence-corrected chi connectivity index (χ4v) is 2.24. The molecule has 5 nitrogen and oxygen atoms in total. The van der Waals surface area contributed by atoms with Gasteiger partial charge >= 0.3 is 0 Å². The minimum atomic E-state index is -0.216. The van der Waals surface area contributed by atoms with E-state index in [4.69, 9.17) is 16.3 Å². The summed E-state index contributed by atoms with van der Waals surface area (Å²) >= 11 is 5.77. The van der Waals surface area contributed by atoms with Gasteiger partial charge in [0.25, 0.3) is 5.56 Å². The van der Waals surface area contributed by atoms with Gasteiger partial charge in [0.15, 0.2) is 5.15 Å². The van der Waals surface area contributed by atoms with Crippen molar-refractivity contribution in [1.29, 1.82) is 0 Å². The van der Waals surface area contributed by atoms with Crippen LogP contribution in [0.4, 0.5) is 0 Å². The fraction of sp³-hybridized carbons (Fsp3) is 0.636. The van der Waals surface area contributed by atoms with Gasteiger partial charge in [-0.2, -0.15) is 0 Å². The second-order valence-corrected chi connectivity index (χ2v) is 4.47. The average molecular weight is 258 g/mol. The molecule has 1 fully saturated rings. The lowest BCUT2D eigenvalue weighted by Gasteiger charge is -2.15. The molecule has 2 heterocycles.